The van der Waals surface area contributed by atoms with Crippen molar-refractivity contribution in [2.75, 3.05) is 6.61 Å². The van der Waals surface area contributed by atoms with Crippen LogP contribution in [0.1, 0.15) is 45.7 Å². The van der Waals surface area contributed by atoms with E-state index in [9.17, 15) is 0 Å². The second-order valence-corrected chi connectivity index (χ2v) is 8.27. The number of rotatable bonds is 0. The molecule has 0 aromatic heterocycles. The molecule has 1 saturated heterocycles. The minimum absolute atomic E-state index is 0.0581. The van der Waals surface area contributed by atoms with Crippen LogP contribution in [0.2, 0.25) is 0 Å². The second kappa shape index (κ2) is 3.55. The van der Waals surface area contributed by atoms with Gasteiger partial charge in [-0.05, 0) is 11.1 Å². The zero-order chi connectivity index (χ0) is 13.2. The third-order valence-corrected chi connectivity index (χ3v) is 6.82. The van der Waals surface area contributed by atoms with Crippen LogP contribution < -0.4 is 0 Å². The van der Waals surface area contributed by atoms with Crippen LogP contribution in [-0.2, 0) is 15.6 Å². The maximum absolute atomic E-state index is 6.39. The molecule has 18 heavy (non-hydrogen) atoms. The molecule has 1 fully saturated rings. The quantitative estimate of drug-likeness (QED) is 0.696. The van der Waals surface area contributed by atoms with E-state index < -0.39 is 0 Å². The van der Waals surface area contributed by atoms with Gasteiger partial charge in [0, 0.05) is 16.1 Å². The Labute approximate surface area is 114 Å². The number of thioether (sulfide) groups is 1. The fraction of sp³-hybridized carbons (Fsp3) is 0.625. The van der Waals surface area contributed by atoms with E-state index in [-0.39, 0.29) is 15.8 Å². The highest BCUT2D eigenvalue weighted by molar-refractivity contribution is 8.01. The van der Waals surface area contributed by atoms with Gasteiger partial charge in [-0.15, -0.1) is 11.8 Å². The van der Waals surface area contributed by atoms with Crippen molar-refractivity contribution in [3.8, 4) is 0 Å². The van der Waals surface area contributed by atoms with Crippen LogP contribution in [0.25, 0.3) is 0 Å². The first-order chi connectivity index (χ1) is 8.33. The SMILES string of the molecule is CC1COC2(S1)C(C)(C)c1ccccc1C2(C)C. The van der Waals surface area contributed by atoms with Gasteiger partial charge < -0.3 is 4.74 Å². The van der Waals surface area contributed by atoms with Crippen LogP contribution in [0.3, 0.4) is 0 Å². The summed E-state index contributed by atoms with van der Waals surface area (Å²) < 4.78 is 6.39. The lowest BCUT2D eigenvalue weighted by Crippen LogP contribution is -2.51. The Morgan fingerprint density at radius 1 is 1.06 bits per heavy atom. The Morgan fingerprint density at radius 2 is 1.56 bits per heavy atom. The molecular weight excluding hydrogens is 240 g/mol. The summed E-state index contributed by atoms with van der Waals surface area (Å²) in [6.07, 6.45) is 0. The Morgan fingerprint density at radius 3 is 1.94 bits per heavy atom. The molecule has 0 N–H and O–H groups in total. The van der Waals surface area contributed by atoms with Crippen molar-refractivity contribution in [3.05, 3.63) is 35.4 Å². The van der Waals surface area contributed by atoms with Gasteiger partial charge in [0.25, 0.3) is 0 Å². The third kappa shape index (κ3) is 1.23. The van der Waals surface area contributed by atoms with Gasteiger partial charge in [-0.3, -0.25) is 0 Å². The first-order valence-corrected chi connectivity index (χ1v) is 7.63. The molecule has 1 aliphatic carbocycles. The molecule has 3 rings (SSSR count). The minimum Gasteiger partial charge on any atom is -0.361 e. The van der Waals surface area contributed by atoms with Gasteiger partial charge in [-0.25, -0.2) is 0 Å². The zero-order valence-corrected chi connectivity index (χ0v) is 12.7. The van der Waals surface area contributed by atoms with Crippen LogP contribution in [0.15, 0.2) is 24.3 Å². The average Bonchev–Trinajstić information content (AvgIpc) is 2.77. The predicted octanol–water partition coefficient (Wildman–Crippen LogP) is 4.10. The van der Waals surface area contributed by atoms with Crippen molar-refractivity contribution in [1.29, 1.82) is 0 Å². The summed E-state index contributed by atoms with van der Waals surface area (Å²) in [5.74, 6) is 0. The lowest BCUT2D eigenvalue weighted by Gasteiger charge is -2.45. The summed E-state index contributed by atoms with van der Waals surface area (Å²) in [5, 5.41) is 0.581. The van der Waals surface area contributed by atoms with Gasteiger partial charge >= 0.3 is 0 Å². The molecule has 0 bridgehead atoms. The molecular formula is C16H22OS. The van der Waals surface area contributed by atoms with Gasteiger partial charge in [-0.1, -0.05) is 58.9 Å². The van der Waals surface area contributed by atoms with Crippen molar-refractivity contribution in [2.45, 2.75) is 55.6 Å². The topological polar surface area (TPSA) is 9.23 Å². The summed E-state index contributed by atoms with van der Waals surface area (Å²) in [7, 11) is 0. The Balaban J connectivity index is 2.25. The van der Waals surface area contributed by atoms with Gasteiger partial charge in [0.15, 0.2) is 0 Å². The van der Waals surface area contributed by atoms with Gasteiger partial charge in [0.05, 0.1) is 6.61 Å². The van der Waals surface area contributed by atoms with Crippen LogP contribution >= 0.6 is 11.8 Å². The highest BCUT2D eigenvalue weighted by atomic mass is 32.2. The predicted molar refractivity (Wildman–Crippen MR) is 78.2 cm³/mol. The molecule has 1 nitrogen and oxygen atoms in total. The number of hydrogen-bond acceptors (Lipinski definition) is 2. The van der Waals surface area contributed by atoms with Gasteiger partial charge in [-0.2, -0.15) is 0 Å². The molecule has 1 unspecified atom stereocenters. The summed E-state index contributed by atoms with van der Waals surface area (Å²) >= 11 is 2.02. The second-order valence-electron chi connectivity index (χ2n) is 6.65. The normalized spacial score (nSPS) is 30.6. The highest BCUT2D eigenvalue weighted by Crippen LogP contribution is 2.65. The molecule has 0 radical (unpaired) electrons. The first-order valence-electron chi connectivity index (χ1n) is 6.75. The summed E-state index contributed by atoms with van der Waals surface area (Å²) in [6.45, 7) is 12.5. The summed E-state index contributed by atoms with van der Waals surface area (Å²) in [4.78, 5) is -0.122. The Bertz CT molecular complexity index is 455. The van der Waals surface area contributed by atoms with E-state index >= 15 is 0 Å². The molecule has 1 aromatic carbocycles. The van der Waals surface area contributed by atoms with E-state index in [1.54, 1.807) is 0 Å². The fourth-order valence-electron chi connectivity index (χ4n) is 3.95. The average molecular weight is 262 g/mol. The van der Waals surface area contributed by atoms with Crippen LogP contribution in [-0.4, -0.2) is 16.8 Å². The lowest BCUT2D eigenvalue weighted by molar-refractivity contribution is -0.0363. The van der Waals surface area contributed by atoms with E-state index in [0.29, 0.717) is 5.25 Å². The van der Waals surface area contributed by atoms with Gasteiger partial charge in [0.2, 0.25) is 0 Å². The summed E-state index contributed by atoms with van der Waals surface area (Å²) in [6, 6.07) is 8.86. The molecule has 1 aromatic rings. The van der Waals surface area contributed by atoms with Crippen LogP contribution in [0.5, 0.6) is 0 Å². The number of ether oxygens (including phenoxy) is 1. The van der Waals surface area contributed by atoms with Crippen molar-refractivity contribution in [3.63, 3.8) is 0 Å². The van der Waals surface area contributed by atoms with E-state index in [1.807, 2.05) is 11.8 Å². The monoisotopic (exact) mass is 262 g/mol. The van der Waals surface area contributed by atoms with E-state index in [0.717, 1.165) is 6.61 Å². The van der Waals surface area contributed by atoms with E-state index in [1.165, 1.54) is 11.1 Å². The molecule has 1 aliphatic heterocycles. The molecule has 98 valence electrons. The Hall–Kier alpha value is -0.470. The molecule has 1 atom stereocenters. The maximum Gasteiger partial charge on any atom is 0.132 e. The van der Waals surface area contributed by atoms with Crippen molar-refractivity contribution in [2.24, 2.45) is 0 Å². The lowest BCUT2D eigenvalue weighted by atomic mass is 9.77. The van der Waals surface area contributed by atoms with Crippen molar-refractivity contribution in [1.82, 2.24) is 0 Å². The first kappa shape index (κ1) is 12.6. The number of benzene rings is 1. The molecule has 2 aliphatic rings. The standard InChI is InChI=1S/C16H22OS/c1-11-10-17-16(18-11)14(2,3)12-8-6-7-9-13(12)15(16,4)5/h6-9,11H,10H2,1-5H3. The fourth-order valence-corrected chi connectivity index (χ4v) is 5.60. The molecule has 1 spiro atoms. The van der Waals surface area contributed by atoms with Crippen molar-refractivity contribution >= 4 is 11.8 Å². The molecule has 0 amide bonds. The minimum atomic E-state index is -0.122. The van der Waals surface area contributed by atoms with E-state index in [4.69, 9.17) is 4.74 Å². The summed E-state index contributed by atoms with van der Waals surface area (Å²) in [5.41, 5.74) is 3.03. The van der Waals surface area contributed by atoms with E-state index in [2.05, 4.69) is 58.9 Å². The third-order valence-electron chi connectivity index (χ3n) is 4.81. The highest BCUT2D eigenvalue weighted by Gasteiger charge is 2.66. The van der Waals surface area contributed by atoms with Crippen molar-refractivity contribution < 1.29 is 4.74 Å². The smallest absolute Gasteiger partial charge is 0.132 e. The number of hydrogen-bond donors (Lipinski definition) is 0. The number of fused-ring (bicyclic) bond motifs is 1. The largest absolute Gasteiger partial charge is 0.361 e. The zero-order valence-electron chi connectivity index (χ0n) is 11.9. The van der Waals surface area contributed by atoms with Crippen LogP contribution in [0.4, 0.5) is 0 Å². The Kier molecular flexibility index (Phi) is 2.47. The molecule has 0 saturated carbocycles. The maximum atomic E-state index is 6.39. The van der Waals surface area contributed by atoms with Crippen LogP contribution in [0, 0.1) is 0 Å². The molecule has 2 heteroatoms. The van der Waals surface area contributed by atoms with Gasteiger partial charge in [0.1, 0.15) is 4.93 Å². The molecule has 1 heterocycles.